The molecule has 1 saturated heterocycles. The summed E-state index contributed by atoms with van der Waals surface area (Å²) in [6.45, 7) is 3.65. The van der Waals surface area contributed by atoms with Gasteiger partial charge in [0.15, 0.2) is 0 Å². The first kappa shape index (κ1) is 14.6. The Hall–Kier alpha value is -2.30. The van der Waals surface area contributed by atoms with Crippen molar-refractivity contribution in [1.29, 1.82) is 0 Å². The van der Waals surface area contributed by atoms with Crippen LogP contribution in [0.4, 0.5) is 0 Å². The number of primary amides is 1. The third-order valence-corrected chi connectivity index (χ3v) is 4.59. The van der Waals surface area contributed by atoms with Gasteiger partial charge in [-0.05, 0) is 37.5 Å². The summed E-state index contributed by atoms with van der Waals surface area (Å²) in [5, 5.41) is 1.18. The minimum atomic E-state index is -0.251. The largest absolute Gasteiger partial charge is 0.369 e. The van der Waals surface area contributed by atoms with Gasteiger partial charge in [-0.1, -0.05) is 12.1 Å². The van der Waals surface area contributed by atoms with Crippen molar-refractivity contribution in [3.05, 3.63) is 36.0 Å². The number of carbonyl (C=O) groups excluding carboxylic acids is 2. The zero-order valence-electron chi connectivity index (χ0n) is 12.8. The van der Waals surface area contributed by atoms with Gasteiger partial charge in [-0.2, -0.15) is 0 Å². The normalized spacial score (nSPS) is 16.1. The van der Waals surface area contributed by atoms with E-state index >= 15 is 0 Å². The summed E-state index contributed by atoms with van der Waals surface area (Å²) in [7, 11) is 0. The van der Waals surface area contributed by atoms with Crippen LogP contribution in [-0.2, 0) is 16.1 Å². The van der Waals surface area contributed by atoms with Gasteiger partial charge in [0, 0.05) is 36.1 Å². The van der Waals surface area contributed by atoms with Gasteiger partial charge in [0.25, 0.3) is 0 Å². The zero-order chi connectivity index (χ0) is 15.7. The number of fused-ring (bicyclic) bond motifs is 1. The molecule has 0 radical (unpaired) electrons. The van der Waals surface area contributed by atoms with Gasteiger partial charge in [-0.25, -0.2) is 0 Å². The maximum atomic E-state index is 12.5. The number of aryl methyl sites for hydroxylation is 1. The van der Waals surface area contributed by atoms with Crippen LogP contribution in [0.25, 0.3) is 10.9 Å². The van der Waals surface area contributed by atoms with Crippen molar-refractivity contribution in [3.8, 4) is 0 Å². The Labute approximate surface area is 129 Å². The zero-order valence-corrected chi connectivity index (χ0v) is 12.8. The summed E-state index contributed by atoms with van der Waals surface area (Å²) < 4.78 is 1.99. The summed E-state index contributed by atoms with van der Waals surface area (Å²) >= 11 is 0. The van der Waals surface area contributed by atoms with E-state index in [9.17, 15) is 9.59 Å². The number of nitrogens with two attached hydrogens (primary N) is 1. The van der Waals surface area contributed by atoms with E-state index in [2.05, 4.69) is 19.1 Å². The molecule has 5 heteroatoms. The Balaban J connectivity index is 1.69. The highest BCUT2D eigenvalue weighted by atomic mass is 16.2. The molecule has 0 saturated carbocycles. The lowest BCUT2D eigenvalue weighted by Crippen LogP contribution is -2.42. The van der Waals surface area contributed by atoms with Crippen LogP contribution < -0.4 is 5.73 Å². The van der Waals surface area contributed by atoms with Crippen molar-refractivity contribution in [2.75, 3.05) is 13.1 Å². The van der Waals surface area contributed by atoms with Crippen LogP contribution in [0.1, 0.15) is 18.4 Å². The van der Waals surface area contributed by atoms with Crippen molar-refractivity contribution >= 4 is 22.7 Å². The molecule has 0 unspecified atom stereocenters. The maximum absolute atomic E-state index is 12.5. The van der Waals surface area contributed by atoms with Gasteiger partial charge in [0.05, 0.1) is 0 Å². The molecule has 0 spiro atoms. The molecule has 2 amide bonds. The van der Waals surface area contributed by atoms with E-state index in [0.717, 1.165) is 5.52 Å². The monoisotopic (exact) mass is 299 g/mol. The van der Waals surface area contributed by atoms with Gasteiger partial charge in [-0.15, -0.1) is 0 Å². The van der Waals surface area contributed by atoms with Crippen LogP contribution in [0.15, 0.2) is 30.5 Å². The molecule has 1 aliphatic rings. The third-order valence-electron chi connectivity index (χ3n) is 4.59. The van der Waals surface area contributed by atoms with Crippen LogP contribution in [0.3, 0.4) is 0 Å². The number of amides is 2. The fourth-order valence-electron chi connectivity index (χ4n) is 3.17. The van der Waals surface area contributed by atoms with Crippen LogP contribution >= 0.6 is 0 Å². The van der Waals surface area contributed by atoms with Crippen LogP contribution in [0.5, 0.6) is 0 Å². The van der Waals surface area contributed by atoms with E-state index in [0.29, 0.717) is 32.5 Å². The van der Waals surface area contributed by atoms with Gasteiger partial charge < -0.3 is 15.2 Å². The summed E-state index contributed by atoms with van der Waals surface area (Å²) in [5.41, 5.74) is 7.63. The first-order valence-corrected chi connectivity index (χ1v) is 7.68. The van der Waals surface area contributed by atoms with Gasteiger partial charge in [-0.3, -0.25) is 9.59 Å². The lowest BCUT2D eigenvalue weighted by Gasteiger charge is -2.30. The average Bonchev–Trinajstić information content (AvgIpc) is 2.92. The smallest absolute Gasteiger partial charge is 0.242 e. The first-order valence-electron chi connectivity index (χ1n) is 7.68. The van der Waals surface area contributed by atoms with Crippen molar-refractivity contribution in [2.45, 2.75) is 26.3 Å². The standard InChI is InChI=1S/C17H21N3O2/c1-12-3-2-4-15-14(12)7-10-20(15)11-16(21)19-8-5-13(6-9-19)17(18)22/h2-4,7,10,13H,5-6,8-9,11H2,1H3,(H2,18,22). The molecule has 5 nitrogen and oxygen atoms in total. The molecule has 2 N–H and O–H groups in total. The Morgan fingerprint density at radius 2 is 1.95 bits per heavy atom. The first-order chi connectivity index (χ1) is 10.6. The number of likely N-dealkylation sites (tertiary alicyclic amines) is 1. The number of rotatable bonds is 3. The second kappa shape index (κ2) is 5.83. The molecular formula is C17H21N3O2. The lowest BCUT2D eigenvalue weighted by molar-refractivity contribution is -0.135. The molecule has 1 aromatic heterocycles. The molecule has 0 atom stereocenters. The van der Waals surface area contributed by atoms with Gasteiger partial charge >= 0.3 is 0 Å². The highest BCUT2D eigenvalue weighted by Crippen LogP contribution is 2.21. The fourth-order valence-corrected chi connectivity index (χ4v) is 3.17. The molecule has 0 bridgehead atoms. The Morgan fingerprint density at radius 1 is 1.23 bits per heavy atom. The summed E-state index contributed by atoms with van der Waals surface area (Å²) in [4.78, 5) is 25.5. The molecule has 1 aliphatic heterocycles. The van der Waals surface area contributed by atoms with E-state index in [1.54, 1.807) is 0 Å². The minimum absolute atomic E-state index is 0.0842. The van der Waals surface area contributed by atoms with Crippen LogP contribution in [0.2, 0.25) is 0 Å². The maximum Gasteiger partial charge on any atom is 0.242 e. The van der Waals surface area contributed by atoms with Crippen LogP contribution in [-0.4, -0.2) is 34.4 Å². The van der Waals surface area contributed by atoms with Crippen LogP contribution in [0, 0.1) is 12.8 Å². The number of piperidine rings is 1. The molecule has 1 fully saturated rings. The lowest BCUT2D eigenvalue weighted by atomic mass is 9.96. The molecule has 22 heavy (non-hydrogen) atoms. The SMILES string of the molecule is Cc1cccc2c1ccn2CC(=O)N1CCC(C(N)=O)CC1. The topological polar surface area (TPSA) is 68.3 Å². The number of carbonyl (C=O) groups is 2. The van der Waals surface area contributed by atoms with Gasteiger partial charge in [0.2, 0.25) is 11.8 Å². The second-order valence-electron chi connectivity index (χ2n) is 6.01. The molecule has 2 heterocycles. The number of hydrogen-bond donors (Lipinski definition) is 1. The van der Waals surface area contributed by atoms with E-state index in [4.69, 9.17) is 5.73 Å². The molecule has 2 aromatic rings. The van der Waals surface area contributed by atoms with Crippen molar-refractivity contribution in [1.82, 2.24) is 9.47 Å². The Kier molecular flexibility index (Phi) is 3.88. The highest BCUT2D eigenvalue weighted by Gasteiger charge is 2.25. The molecule has 0 aliphatic carbocycles. The predicted octanol–water partition coefficient (Wildman–Crippen LogP) is 1.67. The number of aromatic nitrogens is 1. The second-order valence-corrected chi connectivity index (χ2v) is 6.01. The summed E-state index contributed by atoms with van der Waals surface area (Å²) in [6.07, 6.45) is 3.31. The van der Waals surface area contributed by atoms with E-state index < -0.39 is 0 Å². The van der Waals surface area contributed by atoms with Crippen molar-refractivity contribution in [3.63, 3.8) is 0 Å². The van der Waals surface area contributed by atoms with E-state index in [1.165, 1.54) is 10.9 Å². The molecule has 3 rings (SSSR count). The Morgan fingerprint density at radius 3 is 2.64 bits per heavy atom. The summed E-state index contributed by atoms with van der Waals surface area (Å²) in [5.74, 6) is -0.236. The Bertz CT molecular complexity index is 712. The highest BCUT2D eigenvalue weighted by molar-refractivity contribution is 5.85. The molecule has 1 aromatic carbocycles. The third kappa shape index (κ3) is 2.71. The summed E-state index contributed by atoms with van der Waals surface area (Å²) in [6, 6.07) is 8.17. The fraction of sp³-hybridized carbons (Fsp3) is 0.412. The molecule has 116 valence electrons. The minimum Gasteiger partial charge on any atom is -0.369 e. The van der Waals surface area contributed by atoms with E-state index in [-0.39, 0.29) is 17.7 Å². The van der Waals surface area contributed by atoms with Gasteiger partial charge in [0.1, 0.15) is 6.54 Å². The van der Waals surface area contributed by atoms with Crippen molar-refractivity contribution in [2.24, 2.45) is 11.7 Å². The number of benzene rings is 1. The number of hydrogen-bond acceptors (Lipinski definition) is 2. The van der Waals surface area contributed by atoms with E-state index in [1.807, 2.05) is 27.8 Å². The van der Waals surface area contributed by atoms with Crippen molar-refractivity contribution < 1.29 is 9.59 Å². The average molecular weight is 299 g/mol. The predicted molar refractivity (Wildman–Crippen MR) is 85.2 cm³/mol. The molecular weight excluding hydrogens is 278 g/mol. The quantitative estimate of drug-likeness (QED) is 0.936. The number of nitrogens with zero attached hydrogens (tertiary/aromatic N) is 2.